The van der Waals surface area contributed by atoms with Crippen LogP contribution in [0.4, 0.5) is 5.82 Å². The average Bonchev–Trinajstić information content (AvgIpc) is 2.75. The molecule has 0 fully saturated rings. The van der Waals surface area contributed by atoms with Gasteiger partial charge in [0.2, 0.25) is 0 Å². The Morgan fingerprint density at radius 1 is 1.28 bits per heavy atom. The second-order valence-corrected chi connectivity index (χ2v) is 4.62. The van der Waals surface area contributed by atoms with Crippen molar-refractivity contribution in [2.45, 2.75) is 6.92 Å². The van der Waals surface area contributed by atoms with E-state index in [0.29, 0.717) is 5.82 Å². The van der Waals surface area contributed by atoms with E-state index in [0.717, 1.165) is 32.8 Å². The highest BCUT2D eigenvalue weighted by atomic mass is 79.9. The van der Waals surface area contributed by atoms with Crippen molar-refractivity contribution in [1.29, 1.82) is 0 Å². The minimum Gasteiger partial charge on any atom is -0.496 e. The SMILES string of the molecule is COc1cc(C)c(OC)c(Br)c1-c1cc(N)n[nH]1. The molecule has 5 nitrogen and oxygen atoms in total. The first-order valence-electron chi connectivity index (χ1n) is 5.30. The molecule has 0 saturated heterocycles. The van der Waals surface area contributed by atoms with Gasteiger partial charge in [0.05, 0.1) is 29.9 Å². The molecule has 18 heavy (non-hydrogen) atoms. The molecule has 0 unspecified atom stereocenters. The fourth-order valence-electron chi connectivity index (χ4n) is 1.86. The van der Waals surface area contributed by atoms with Gasteiger partial charge >= 0.3 is 0 Å². The van der Waals surface area contributed by atoms with Crippen molar-refractivity contribution in [3.05, 3.63) is 22.2 Å². The van der Waals surface area contributed by atoms with Gasteiger partial charge in [-0.05, 0) is 34.5 Å². The zero-order valence-electron chi connectivity index (χ0n) is 10.4. The number of nitrogens with zero attached hydrogens (tertiary/aromatic N) is 1. The van der Waals surface area contributed by atoms with E-state index in [-0.39, 0.29) is 0 Å². The molecule has 0 saturated carbocycles. The predicted octanol–water partition coefficient (Wildman–Crippen LogP) is 2.75. The molecule has 0 spiro atoms. The first kappa shape index (κ1) is 12.8. The summed E-state index contributed by atoms with van der Waals surface area (Å²) in [7, 11) is 3.25. The van der Waals surface area contributed by atoms with Crippen molar-refractivity contribution < 1.29 is 9.47 Å². The third-order valence-corrected chi connectivity index (χ3v) is 3.42. The normalized spacial score (nSPS) is 10.4. The first-order valence-corrected chi connectivity index (χ1v) is 6.10. The lowest BCUT2D eigenvalue weighted by atomic mass is 10.1. The van der Waals surface area contributed by atoms with E-state index >= 15 is 0 Å². The van der Waals surface area contributed by atoms with Gasteiger partial charge in [-0.2, -0.15) is 5.10 Å². The molecule has 0 bridgehead atoms. The Labute approximate surface area is 113 Å². The van der Waals surface area contributed by atoms with Crippen molar-refractivity contribution in [1.82, 2.24) is 10.2 Å². The van der Waals surface area contributed by atoms with E-state index in [2.05, 4.69) is 26.1 Å². The molecule has 1 aromatic carbocycles. The van der Waals surface area contributed by atoms with Crippen molar-refractivity contribution in [2.24, 2.45) is 0 Å². The molecule has 0 aliphatic rings. The lowest BCUT2D eigenvalue weighted by Gasteiger charge is -2.15. The number of nitrogens with two attached hydrogens (primary N) is 1. The van der Waals surface area contributed by atoms with Crippen LogP contribution >= 0.6 is 15.9 Å². The molecule has 3 N–H and O–H groups in total. The molecule has 0 aliphatic carbocycles. The summed E-state index contributed by atoms with van der Waals surface area (Å²) in [6.45, 7) is 1.96. The number of halogens is 1. The van der Waals surface area contributed by atoms with E-state index in [4.69, 9.17) is 15.2 Å². The summed E-state index contributed by atoms with van der Waals surface area (Å²) in [6, 6.07) is 3.66. The third kappa shape index (κ3) is 2.03. The fourth-order valence-corrected chi connectivity index (χ4v) is 2.74. The maximum atomic E-state index is 5.63. The molecule has 2 aromatic rings. The van der Waals surface area contributed by atoms with Gasteiger partial charge < -0.3 is 15.2 Å². The lowest BCUT2D eigenvalue weighted by molar-refractivity contribution is 0.399. The number of aromatic nitrogens is 2. The Morgan fingerprint density at radius 3 is 2.50 bits per heavy atom. The van der Waals surface area contributed by atoms with E-state index in [1.54, 1.807) is 20.3 Å². The molecule has 96 valence electrons. The monoisotopic (exact) mass is 311 g/mol. The molecule has 1 aromatic heterocycles. The molecule has 0 aliphatic heterocycles. The highest BCUT2D eigenvalue weighted by molar-refractivity contribution is 9.10. The molecule has 2 rings (SSSR count). The third-order valence-electron chi connectivity index (χ3n) is 2.66. The Hall–Kier alpha value is -1.69. The summed E-state index contributed by atoms with van der Waals surface area (Å²) in [4.78, 5) is 0. The summed E-state index contributed by atoms with van der Waals surface area (Å²) in [5.41, 5.74) is 8.22. The van der Waals surface area contributed by atoms with Gasteiger partial charge in [0.15, 0.2) is 0 Å². The number of anilines is 1. The average molecular weight is 312 g/mol. The summed E-state index contributed by atoms with van der Waals surface area (Å²) in [5.74, 6) is 1.92. The molecule has 0 atom stereocenters. The van der Waals surface area contributed by atoms with Crippen molar-refractivity contribution >= 4 is 21.7 Å². The Morgan fingerprint density at radius 2 is 2.00 bits per heavy atom. The number of nitrogens with one attached hydrogen (secondary N) is 1. The molecular formula is C12H14BrN3O2. The van der Waals surface area contributed by atoms with Crippen molar-refractivity contribution in [2.75, 3.05) is 20.0 Å². The van der Waals surface area contributed by atoms with Crippen molar-refractivity contribution in [3.63, 3.8) is 0 Å². The zero-order valence-corrected chi connectivity index (χ0v) is 12.0. The van der Waals surface area contributed by atoms with Gasteiger partial charge in [-0.1, -0.05) is 0 Å². The second kappa shape index (κ2) is 4.89. The Kier molecular flexibility index (Phi) is 3.47. The number of aromatic amines is 1. The number of benzene rings is 1. The number of methoxy groups -OCH3 is 2. The van der Waals surface area contributed by atoms with E-state index in [1.165, 1.54) is 0 Å². The van der Waals surface area contributed by atoms with Crippen LogP contribution in [-0.2, 0) is 0 Å². The number of nitrogen functional groups attached to an aromatic ring is 1. The van der Waals surface area contributed by atoms with Crippen LogP contribution in [0, 0.1) is 6.92 Å². The van der Waals surface area contributed by atoms with E-state index in [1.807, 2.05) is 13.0 Å². The molecule has 1 heterocycles. The standard InChI is InChI=1S/C12H14BrN3O2/c1-6-4-8(17-2)10(11(13)12(6)18-3)7-5-9(14)16-15-7/h4-5H,1-3H3,(H3,14,15,16). The van der Waals surface area contributed by atoms with E-state index in [9.17, 15) is 0 Å². The van der Waals surface area contributed by atoms with Crippen LogP contribution in [0.25, 0.3) is 11.3 Å². The smallest absolute Gasteiger partial charge is 0.145 e. The first-order chi connectivity index (χ1) is 8.58. The highest BCUT2D eigenvalue weighted by Crippen LogP contribution is 2.43. The minimum absolute atomic E-state index is 0.429. The second-order valence-electron chi connectivity index (χ2n) is 3.82. The zero-order chi connectivity index (χ0) is 13.3. The van der Waals surface area contributed by atoms with Crippen LogP contribution < -0.4 is 15.2 Å². The Balaban J connectivity index is 2.71. The van der Waals surface area contributed by atoms with Gasteiger partial charge in [-0.25, -0.2) is 0 Å². The molecule has 0 amide bonds. The summed E-state index contributed by atoms with van der Waals surface area (Å²) in [6.07, 6.45) is 0. The molecule has 0 radical (unpaired) electrons. The lowest BCUT2D eigenvalue weighted by Crippen LogP contribution is -1.96. The maximum absolute atomic E-state index is 5.63. The summed E-state index contributed by atoms with van der Waals surface area (Å²) >= 11 is 3.54. The minimum atomic E-state index is 0.429. The van der Waals surface area contributed by atoms with Crippen LogP contribution in [0.5, 0.6) is 11.5 Å². The summed E-state index contributed by atoms with van der Waals surface area (Å²) in [5, 5.41) is 6.79. The van der Waals surface area contributed by atoms with Crippen LogP contribution in [0.1, 0.15) is 5.56 Å². The largest absolute Gasteiger partial charge is 0.496 e. The van der Waals surface area contributed by atoms with Gasteiger partial charge in [0.1, 0.15) is 17.3 Å². The number of ether oxygens (including phenoxy) is 2. The van der Waals surface area contributed by atoms with Gasteiger partial charge in [0.25, 0.3) is 0 Å². The quantitative estimate of drug-likeness (QED) is 0.914. The highest BCUT2D eigenvalue weighted by Gasteiger charge is 2.18. The van der Waals surface area contributed by atoms with Crippen LogP contribution in [0.3, 0.4) is 0 Å². The fraction of sp³-hybridized carbons (Fsp3) is 0.250. The Bertz CT molecular complexity index is 581. The van der Waals surface area contributed by atoms with Crippen LogP contribution in [0.15, 0.2) is 16.6 Å². The van der Waals surface area contributed by atoms with Gasteiger partial charge in [-0.3, -0.25) is 5.10 Å². The maximum Gasteiger partial charge on any atom is 0.145 e. The number of H-pyrrole nitrogens is 1. The number of aryl methyl sites for hydroxylation is 1. The molecular weight excluding hydrogens is 298 g/mol. The number of hydrogen-bond acceptors (Lipinski definition) is 4. The number of rotatable bonds is 3. The van der Waals surface area contributed by atoms with Gasteiger partial charge in [0, 0.05) is 6.07 Å². The topological polar surface area (TPSA) is 73.2 Å². The predicted molar refractivity (Wildman–Crippen MR) is 74.0 cm³/mol. The van der Waals surface area contributed by atoms with E-state index < -0.39 is 0 Å². The molecule has 6 heteroatoms. The van der Waals surface area contributed by atoms with Gasteiger partial charge in [-0.15, -0.1) is 0 Å². The number of hydrogen-bond donors (Lipinski definition) is 2. The van der Waals surface area contributed by atoms with Crippen LogP contribution in [0.2, 0.25) is 0 Å². The van der Waals surface area contributed by atoms with Crippen molar-refractivity contribution in [3.8, 4) is 22.8 Å². The summed E-state index contributed by atoms with van der Waals surface area (Å²) < 4.78 is 11.6. The van der Waals surface area contributed by atoms with Crippen LogP contribution in [-0.4, -0.2) is 24.4 Å².